The van der Waals surface area contributed by atoms with Gasteiger partial charge in [0.15, 0.2) is 0 Å². The molecule has 0 heterocycles. The predicted octanol–water partition coefficient (Wildman–Crippen LogP) is 2.72. The van der Waals surface area contributed by atoms with E-state index in [4.69, 9.17) is 4.74 Å². The van der Waals surface area contributed by atoms with Crippen molar-refractivity contribution in [2.24, 2.45) is 0 Å². The molecule has 0 aromatic heterocycles. The molecule has 1 aliphatic rings. The fourth-order valence-electron chi connectivity index (χ4n) is 2.69. The van der Waals surface area contributed by atoms with Crippen LogP contribution in [-0.4, -0.2) is 25.3 Å². The van der Waals surface area contributed by atoms with Crippen LogP contribution < -0.4 is 5.32 Å². The molecule has 2 nitrogen and oxygen atoms in total. The third kappa shape index (κ3) is 2.48. The van der Waals surface area contributed by atoms with E-state index in [0.717, 1.165) is 6.54 Å². The number of hydrogen-bond acceptors (Lipinski definition) is 2. The summed E-state index contributed by atoms with van der Waals surface area (Å²) in [5.74, 6) is 0. The average molecular weight is 199 g/mol. The van der Waals surface area contributed by atoms with Crippen LogP contribution in [0, 0.1) is 0 Å². The second-order valence-corrected chi connectivity index (χ2v) is 4.39. The molecule has 0 spiro atoms. The fourth-order valence-corrected chi connectivity index (χ4v) is 2.69. The molecule has 1 N–H and O–H groups in total. The topological polar surface area (TPSA) is 21.3 Å². The van der Waals surface area contributed by atoms with E-state index in [-0.39, 0.29) is 5.60 Å². The minimum Gasteiger partial charge on any atom is -0.377 e. The van der Waals surface area contributed by atoms with Crippen molar-refractivity contribution in [3.05, 3.63) is 0 Å². The number of rotatable bonds is 6. The molecule has 1 rings (SSSR count). The van der Waals surface area contributed by atoms with Gasteiger partial charge in [-0.1, -0.05) is 26.7 Å². The van der Waals surface area contributed by atoms with Gasteiger partial charge in [0.25, 0.3) is 0 Å². The lowest BCUT2D eigenvalue weighted by Gasteiger charge is -2.36. The third-order valence-corrected chi connectivity index (χ3v) is 3.54. The Hall–Kier alpha value is -0.0800. The van der Waals surface area contributed by atoms with Crippen LogP contribution in [-0.2, 0) is 4.74 Å². The highest BCUT2D eigenvalue weighted by atomic mass is 16.5. The molecule has 1 aliphatic carbocycles. The first kappa shape index (κ1) is 12.0. The highest BCUT2D eigenvalue weighted by molar-refractivity contribution is 4.96. The first-order valence-electron chi connectivity index (χ1n) is 6.07. The molecule has 0 aromatic rings. The van der Waals surface area contributed by atoms with E-state index in [1.54, 1.807) is 0 Å². The second kappa shape index (κ2) is 5.72. The van der Waals surface area contributed by atoms with Gasteiger partial charge >= 0.3 is 0 Å². The van der Waals surface area contributed by atoms with Crippen LogP contribution in [0.3, 0.4) is 0 Å². The molecule has 1 saturated carbocycles. The Bertz CT molecular complexity index is 152. The molecule has 1 fully saturated rings. The maximum absolute atomic E-state index is 5.79. The summed E-state index contributed by atoms with van der Waals surface area (Å²) in [6.45, 7) is 5.59. The quantitative estimate of drug-likeness (QED) is 0.710. The van der Waals surface area contributed by atoms with Gasteiger partial charge in [0.1, 0.15) is 0 Å². The molecule has 0 bridgehead atoms. The van der Waals surface area contributed by atoms with Crippen molar-refractivity contribution in [3.8, 4) is 0 Å². The van der Waals surface area contributed by atoms with Crippen molar-refractivity contribution in [2.45, 2.75) is 64.0 Å². The first-order chi connectivity index (χ1) is 6.79. The summed E-state index contributed by atoms with van der Waals surface area (Å²) >= 11 is 0. The van der Waals surface area contributed by atoms with E-state index >= 15 is 0 Å². The van der Waals surface area contributed by atoms with Crippen molar-refractivity contribution in [2.75, 3.05) is 13.7 Å². The molecule has 0 radical (unpaired) electrons. The highest BCUT2D eigenvalue weighted by Crippen LogP contribution is 2.36. The lowest BCUT2D eigenvalue weighted by molar-refractivity contribution is -0.0365. The van der Waals surface area contributed by atoms with Crippen molar-refractivity contribution in [3.63, 3.8) is 0 Å². The summed E-state index contributed by atoms with van der Waals surface area (Å²) in [7, 11) is 1.88. The van der Waals surface area contributed by atoms with Crippen LogP contribution in [0.15, 0.2) is 0 Å². The first-order valence-corrected chi connectivity index (χ1v) is 6.07. The van der Waals surface area contributed by atoms with E-state index in [1.165, 1.54) is 38.5 Å². The zero-order valence-electron chi connectivity index (χ0n) is 9.94. The maximum Gasteiger partial charge on any atom is 0.0830 e. The molecule has 0 amide bonds. The van der Waals surface area contributed by atoms with Crippen LogP contribution in [0.25, 0.3) is 0 Å². The van der Waals surface area contributed by atoms with Gasteiger partial charge in [-0.15, -0.1) is 0 Å². The molecule has 1 atom stereocenters. The van der Waals surface area contributed by atoms with E-state index in [2.05, 4.69) is 19.2 Å². The van der Waals surface area contributed by atoms with Gasteiger partial charge in [0, 0.05) is 13.2 Å². The Labute approximate surface area is 88.4 Å². The predicted molar refractivity (Wildman–Crippen MR) is 60.6 cm³/mol. The van der Waals surface area contributed by atoms with Crippen molar-refractivity contribution in [1.29, 1.82) is 0 Å². The fraction of sp³-hybridized carbons (Fsp3) is 1.00. The number of hydrogen-bond donors (Lipinski definition) is 1. The van der Waals surface area contributed by atoms with E-state index in [0.29, 0.717) is 6.04 Å². The smallest absolute Gasteiger partial charge is 0.0830 e. The van der Waals surface area contributed by atoms with E-state index < -0.39 is 0 Å². The summed E-state index contributed by atoms with van der Waals surface area (Å²) in [5.41, 5.74) is 0.143. The van der Waals surface area contributed by atoms with Crippen LogP contribution in [0.2, 0.25) is 0 Å². The summed E-state index contributed by atoms with van der Waals surface area (Å²) in [5, 5.41) is 3.63. The standard InChI is InChI=1S/C12H25NO/c1-4-10-13-11(5-2)12(14-3)8-6-7-9-12/h11,13H,4-10H2,1-3H3. The SMILES string of the molecule is CCCNC(CC)C1(OC)CCCC1. The minimum absolute atomic E-state index is 0.143. The van der Waals surface area contributed by atoms with Crippen molar-refractivity contribution < 1.29 is 4.74 Å². The lowest BCUT2D eigenvalue weighted by Crippen LogP contribution is -2.50. The normalized spacial score (nSPS) is 22.5. The summed E-state index contributed by atoms with van der Waals surface area (Å²) < 4.78 is 5.79. The average Bonchev–Trinajstić information content (AvgIpc) is 2.69. The molecule has 0 saturated heterocycles. The molecule has 14 heavy (non-hydrogen) atoms. The van der Waals surface area contributed by atoms with Gasteiger partial charge in [-0.3, -0.25) is 0 Å². The molecule has 84 valence electrons. The summed E-state index contributed by atoms with van der Waals surface area (Å²) in [4.78, 5) is 0. The molecular formula is C12H25NO. The largest absolute Gasteiger partial charge is 0.377 e. The van der Waals surface area contributed by atoms with Crippen LogP contribution in [0.4, 0.5) is 0 Å². The Morgan fingerprint density at radius 1 is 1.29 bits per heavy atom. The monoisotopic (exact) mass is 199 g/mol. The van der Waals surface area contributed by atoms with Gasteiger partial charge in [-0.05, 0) is 32.2 Å². The Balaban J connectivity index is 2.54. The van der Waals surface area contributed by atoms with Gasteiger partial charge in [0.2, 0.25) is 0 Å². The highest BCUT2D eigenvalue weighted by Gasteiger charge is 2.40. The van der Waals surface area contributed by atoms with Crippen LogP contribution in [0.1, 0.15) is 52.4 Å². The van der Waals surface area contributed by atoms with E-state index in [9.17, 15) is 0 Å². The lowest BCUT2D eigenvalue weighted by atomic mass is 9.90. The maximum atomic E-state index is 5.79. The third-order valence-electron chi connectivity index (χ3n) is 3.54. The Kier molecular flexibility index (Phi) is 4.90. The molecule has 1 unspecified atom stereocenters. The summed E-state index contributed by atoms with van der Waals surface area (Å²) in [6.07, 6.45) is 7.51. The minimum atomic E-state index is 0.143. The Morgan fingerprint density at radius 3 is 2.36 bits per heavy atom. The zero-order chi connectivity index (χ0) is 10.4. The zero-order valence-corrected chi connectivity index (χ0v) is 9.94. The number of methoxy groups -OCH3 is 1. The van der Waals surface area contributed by atoms with Crippen molar-refractivity contribution >= 4 is 0 Å². The van der Waals surface area contributed by atoms with Crippen molar-refractivity contribution in [1.82, 2.24) is 5.32 Å². The molecule has 0 aromatic carbocycles. The summed E-state index contributed by atoms with van der Waals surface area (Å²) in [6, 6.07) is 0.551. The molecule has 0 aliphatic heterocycles. The molecular weight excluding hydrogens is 174 g/mol. The molecule has 2 heteroatoms. The van der Waals surface area contributed by atoms with Crippen LogP contribution in [0.5, 0.6) is 0 Å². The number of ether oxygens (including phenoxy) is 1. The second-order valence-electron chi connectivity index (χ2n) is 4.39. The number of nitrogens with one attached hydrogen (secondary N) is 1. The van der Waals surface area contributed by atoms with Gasteiger partial charge in [0.05, 0.1) is 5.60 Å². The Morgan fingerprint density at radius 2 is 1.93 bits per heavy atom. The van der Waals surface area contributed by atoms with Gasteiger partial charge in [-0.2, -0.15) is 0 Å². The van der Waals surface area contributed by atoms with E-state index in [1.807, 2.05) is 7.11 Å². The van der Waals surface area contributed by atoms with Crippen LogP contribution >= 0.6 is 0 Å². The van der Waals surface area contributed by atoms with Gasteiger partial charge < -0.3 is 10.1 Å². The van der Waals surface area contributed by atoms with Gasteiger partial charge in [-0.25, -0.2) is 0 Å².